The number of aliphatic hydroxyl groups excluding tert-OH is 1. The Hall–Kier alpha value is -0.430. The number of alkyl halides is 1. The summed E-state index contributed by atoms with van der Waals surface area (Å²) in [6, 6.07) is 6.48. The van der Waals surface area contributed by atoms with Gasteiger partial charge in [-0.05, 0) is 38.3 Å². The van der Waals surface area contributed by atoms with E-state index in [1.807, 2.05) is 6.92 Å². The lowest BCUT2D eigenvalue weighted by molar-refractivity contribution is 0.0164. The summed E-state index contributed by atoms with van der Waals surface area (Å²) in [5, 5.41) is 9.96. The molecule has 0 aromatic heterocycles. The number of aliphatic hydroxyl groups is 1. The Morgan fingerprint density at radius 2 is 1.89 bits per heavy atom. The van der Waals surface area contributed by atoms with Gasteiger partial charge in [0.05, 0.1) is 11.0 Å². The first kappa shape index (κ1) is 15.0. The second-order valence-corrected chi connectivity index (χ2v) is 7.59. The van der Waals surface area contributed by atoms with Crippen LogP contribution >= 0.6 is 15.9 Å². The van der Waals surface area contributed by atoms with Crippen LogP contribution in [0.3, 0.4) is 0 Å². The average molecular weight is 349 g/mol. The van der Waals surface area contributed by atoms with Crippen LogP contribution in [-0.2, 0) is 14.3 Å². The minimum atomic E-state index is -3.81. The van der Waals surface area contributed by atoms with Gasteiger partial charge in [-0.2, -0.15) is 8.42 Å². The predicted octanol–water partition coefficient (Wildman–Crippen LogP) is 2.38. The zero-order valence-electron chi connectivity index (χ0n) is 10.6. The predicted molar refractivity (Wildman–Crippen MR) is 75.8 cm³/mol. The van der Waals surface area contributed by atoms with Gasteiger partial charge in [-0.15, -0.1) is 0 Å². The molecule has 106 valence electrons. The van der Waals surface area contributed by atoms with Gasteiger partial charge in [-0.3, -0.25) is 4.18 Å². The van der Waals surface area contributed by atoms with Gasteiger partial charge in [0.15, 0.2) is 0 Å². The highest BCUT2D eigenvalue weighted by Crippen LogP contribution is 2.29. The second-order valence-electron chi connectivity index (χ2n) is 4.84. The van der Waals surface area contributed by atoms with Crippen molar-refractivity contribution in [3.8, 4) is 0 Å². The Kier molecular flexibility index (Phi) is 4.66. The standard InChI is InChI=1S/C13H17BrO4S/c1-9-5-7-10(8-6-9)19(16,17)18-12-4-2-3-11(14)13(12)15/h5-8,11-13,15H,2-4H2,1H3/t11-,12+,13+/m1/s1. The van der Waals surface area contributed by atoms with Crippen molar-refractivity contribution in [1.29, 1.82) is 0 Å². The molecule has 2 rings (SSSR count). The monoisotopic (exact) mass is 348 g/mol. The van der Waals surface area contributed by atoms with Crippen LogP contribution in [0.2, 0.25) is 0 Å². The number of halogens is 1. The largest absolute Gasteiger partial charge is 0.389 e. The first-order chi connectivity index (χ1) is 8.90. The molecule has 1 aromatic rings. The molecule has 1 aromatic carbocycles. The van der Waals surface area contributed by atoms with Crippen LogP contribution in [0.25, 0.3) is 0 Å². The summed E-state index contributed by atoms with van der Waals surface area (Å²) in [6.07, 6.45) is 0.736. The van der Waals surface area contributed by atoms with Gasteiger partial charge >= 0.3 is 0 Å². The molecule has 19 heavy (non-hydrogen) atoms. The van der Waals surface area contributed by atoms with Crippen molar-refractivity contribution in [2.45, 2.75) is 48.1 Å². The molecular weight excluding hydrogens is 332 g/mol. The fraction of sp³-hybridized carbons (Fsp3) is 0.538. The summed E-state index contributed by atoms with van der Waals surface area (Å²) >= 11 is 3.34. The van der Waals surface area contributed by atoms with E-state index in [9.17, 15) is 13.5 Å². The Morgan fingerprint density at radius 1 is 1.26 bits per heavy atom. The maximum absolute atomic E-state index is 12.1. The molecule has 0 heterocycles. The quantitative estimate of drug-likeness (QED) is 0.672. The Bertz CT molecular complexity index is 526. The van der Waals surface area contributed by atoms with E-state index < -0.39 is 22.3 Å². The summed E-state index contributed by atoms with van der Waals surface area (Å²) in [5.74, 6) is 0. The Morgan fingerprint density at radius 3 is 2.53 bits per heavy atom. The van der Waals surface area contributed by atoms with E-state index in [2.05, 4.69) is 15.9 Å². The molecule has 0 spiro atoms. The van der Waals surface area contributed by atoms with Crippen LogP contribution in [0.1, 0.15) is 24.8 Å². The SMILES string of the molecule is Cc1ccc(S(=O)(=O)O[C@H]2CCC[C@@H](Br)[C@@H]2O)cc1. The van der Waals surface area contributed by atoms with Crippen molar-refractivity contribution in [2.75, 3.05) is 0 Å². The lowest BCUT2D eigenvalue weighted by Crippen LogP contribution is -2.40. The highest BCUT2D eigenvalue weighted by atomic mass is 79.9. The second kappa shape index (κ2) is 5.91. The maximum Gasteiger partial charge on any atom is 0.297 e. The topological polar surface area (TPSA) is 63.6 Å². The third-order valence-corrected chi connectivity index (χ3v) is 5.63. The number of benzene rings is 1. The van der Waals surface area contributed by atoms with E-state index in [0.717, 1.165) is 18.4 Å². The van der Waals surface area contributed by atoms with Gasteiger partial charge in [0.25, 0.3) is 10.1 Å². The zero-order chi connectivity index (χ0) is 14.0. The van der Waals surface area contributed by atoms with Crippen molar-refractivity contribution in [1.82, 2.24) is 0 Å². The molecule has 3 atom stereocenters. The molecule has 0 amide bonds. The first-order valence-electron chi connectivity index (χ1n) is 6.22. The lowest BCUT2D eigenvalue weighted by Gasteiger charge is -2.30. The summed E-state index contributed by atoms with van der Waals surface area (Å²) in [6.45, 7) is 1.89. The van der Waals surface area contributed by atoms with E-state index in [4.69, 9.17) is 4.18 Å². The minimum absolute atomic E-state index is 0.112. The lowest BCUT2D eigenvalue weighted by atomic mass is 9.95. The van der Waals surface area contributed by atoms with Crippen molar-refractivity contribution in [3.63, 3.8) is 0 Å². The van der Waals surface area contributed by atoms with Gasteiger partial charge in [-0.25, -0.2) is 0 Å². The molecule has 0 bridgehead atoms. The van der Waals surface area contributed by atoms with Gasteiger partial charge < -0.3 is 5.11 Å². The third-order valence-electron chi connectivity index (χ3n) is 3.28. The van der Waals surface area contributed by atoms with Crippen LogP contribution in [0, 0.1) is 6.92 Å². The van der Waals surface area contributed by atoms with Crippen molar-refractivity contribution in [3.05, 3.63) is 29.8 Å². The van der Waals surface area contributed by atoms with Crippen LogP contribution in [0.5, 0.6) is 0 Å². The summed E-state index contributed by atoms with van der Waals surface area (Å²) < 4.78 is 29.4. The Balaban J connectivity index is 2.15. The molecule has 6 heteroatoms. The highest BCUT2D eigenvalue weighted by molar-refractivity contribution is 9.09. The van der Waals surface area contributed by atoms with Crippen LogP contribution < -0.4 is 0 Å². The normalized spacial score (nSPS) is 28.3. The summed E-state index contributed by atoms with van der Waals surface area (Å²) in [5.41, 5.74) is 0.983. The Labute approximate surface area is 122 Å². The van der Waals surface area contributed by atoms with Gasteiger partial charge in [-0.1, -0.05) is 33.6 Å². The van der Waals surface area contributed by atoms with E-state index in [1.165, 1.54) is 12.1 Å². The molecule has 1 aliphatic carbocycles. The van der Waals surface area contributed by atoms with Gasteiger partial charge in [0.1, 0.15) is 6.10 Å². The van der Waals surface area contributed by atoms with Gasteiger partial charge in [0, 0.05) is 4.83 Å². The van der Waals surface area contributed by atoms with E-state index in [0.29, 0.717) is 6.42 Å². The van der Waals surface area contributed by atoms with Crippen LogP contribution in [-0.4, -0.2) is 30.6 Å². The summed E-state index contributed by atoms with van der Waals surface area (Å²) in [7, 11) is -3.81. The summed E-state index contributed by atoms with van der Waals surface area (Å²) in [4.78, 5) is 0.0152. The molecular formula is C13H17BrO4S. The van der Waals surface area contributed by atoms with Crippen molar-refractivity contribution in [2.24, 2.45) is 0 Å². The molecule has 0 aliphatic heterocycles. The number of hydrogen-bond acceptors (Lipinski definition) is 4. The average Bonchev–Trinajstić information content (AvgIpc) is 2.35. The molecule has 1 N–H and O–H groups in total. The molecule has 0 unspecified atom stereocenters. The molecule has 4 nitrogen and oxygen atoms in total. The fourth-order valence-electron chi connectivity index (χ4n) is 2.12. The molecule has 0 radical (unpaired) electrons. The molecule has 1 saturated carbocycles. The zero-order valence-corrected chi connectivity index (χ0v) is 13.0. The molecule has 0 saturated heterocycles. The highest BCUT2D eigenvalue weighted by Gasteiger charge is 2.34. The first-order valence-corrected chi connectivity index (χ1v) is 8.54. The van der Waals surface area contributed by atoms with Gasteiger partial charge in [0.2, 0.25) is 0 Å². The number of aryl methyl sites for hydroxylation is 1. The van der Waals surface area contributed by atoms with Crippen molar-refractivity contribution >= 4 is 26.0 Å². The fourth-order valence-corrected chi connectivity index (χ4v) is 3.90. The maximum atomic E-state index is 12.1. The third kappa shape index (κ3) is 3.56. The van der Waals surface area contributed by atoms with Crippen LogP contribution in [0.4, 0.5) is 0 Å². The smallest absolute Gasteiger partial charge is 0.297 e. The van der Waals surface area contributed by atoms with E-state index >= 15 is 0 Å². The molecule has 1 aliphatic rings. The number of hydrogen-bond donors (Lipinski definition) is 1. The van der Waals surface area contributed by atoms with E-state index in [-0.39, 0.29) is 9.72 Å². The van der Waals surface area contributed by atoms with Crippen LogP contribution in [0.15, 0.2) is 29.2 Å². The van der Waals surface area contributed by atoms with Crippen molar-refractivity contribution < 1.29 is 17.7 Å². The van der Waals surface area contributed by atoms with E-state index in [1.54, 1.807) is 12.1 Å². The minimum Gasteiger partial charge on any atom is -0.389 e. The number of rotatable bonds is 3. The molecule has 1 fully saturated rings.